The van der Waals surface area contributed by atoms with Crippen LogP contribution in [-0.2, 0) is 13.1 Å². The molecule has 2 aliphatic rings. The number of carbonyl (C=O) groups is 1. The predicted molar refractivity (Wildman–Crippen MR) is 101 cm³/mol. The zero-order valence-corrected chi connectivity index (χ0v) is 15.0. The highest BCUT2D eigenvalue weighted by Gasteiger charge is 2.44. The van der Waals surface area contributed by atoms with Crippen molar-refractivity contribution in [1.29, 1.82) is 0 Å². The van der Waals surface area contributed by atoms with E-state index in [1.807, 2.05) is 59.8 Å². The van der Waals surface area contributed by atoms with Crippen LogP contribution in [0.15, 0.2) is 67.1 Å². The number of amides is 1. The third-order valence-electron chi connectivity index (χ3n) is 5.52. The number of likely N-dealkylation sites (tertiary alicyclic amines) is 1. The molecule has 6 nitrogen and oxygen atoms in total. The van der Waals surface area contributed by atoms with E-state index in [2.05, 4.69) is 25.5 Å². The van der Waals surface area contributed by atoms with Gasteiger partial charge >= 0.3 is 0 Å². The zero-order chi connectivity index (χ0) is 18.2. The fourth-order valence-corrected chi connectivity index (χ4v) is 4.29. The first kappa shape index (κ1) is 16.2. The van der Waals surface area contributed by atoms with Crippen LogP contribution in [0.3, 0.4) is 0 Å². The van der Waals surface area contributed by atoms with Crippen molar-refractivity contribution >= 4 is 5.91 Å². The third kappa shape index (κ3) is 2.92. The van der Waals surface area contributed by atoms with Gasteiger partial charge in [-0.2, -0.15) is 0 Å². The van der Waals surface area contributed by atoms with Crippen LogP contribution in [0.5, 0.6) is 0 Å². The minimum Gasteiger partial charge on any atom is -0.337 e. The van der Waals surface area contributed by atoms with Gasteiger partial charge in [-0.1, -0.05) is 12.1 Å². The van der Waals surface area contributed by atoms with Crippen molar-refractivity contribution in [2.45, 2.75) is 25.2 Å². The van der Waals surface area contributed by atoms with Crippen LogP contribution in [0.1, 0.15) is 27.9 Å². The van der Waals surface area contributed by atoms with Crippen molar-refractivity contribution in [3.8, 4) is 0 Å². The van der Waals surface area contributed by atoms with Gasteiger partial charge in [0, 0.05) is 38.2 Å². The molecule has 6 heteroatoms. The van der Waals surface area contributed by atoms with Gasteiger partial charge in [0.15, 0.2) is 0 Å². The van der Waals surface area contributed by atoms with Gasteiger partial charge in [-0.3, -0.25) is 19.7 Å². The number of aromatic nitrogens is 3. The second-order valence-electron chi connectivity index (χ2n) is 7.20. The summed E-state index contributed by atoms with van der Waals surface area (Å²) in [6.45, 7) is 3.10. The topological polar surface area (TPSA) is 54.3 Å². The lowest BCUT2D eigenvalue weighted by Crippen LogP contribution is -2.49. The Labute approximate surface area is 158 Å². The average molecular weight is 359 g/mol. The van der Waals surface area contributed by atoms with Crippen LogP contribution in [0, 0.1) is 0 Å². The maximum atomic E-state index is 13.1. The van der Waals surface area contributed by atoms with Crippen molar-refractivity contribution in [1.82, 2.24) is 24.3 Å². The van der Waals surface area contributed by atoms with Crippen molar-refractivity contribution < 1.29 is 4.79 Å². The van der Waals surface area contributed by atoms with E-state index >= 15 is 0 Å². The molecule has 3 aromatic rings. The Morgan fingerprint density at radius 2 is 1.56 bits per heavy atom. The number of rotatable bonds is 4. The van der Waals surface area contributed by atoms with Gasteiger partial charge < -0.3 is 9.47 Å². The molecular weight excluding hydrogens is 338 g/mol. The van der Waals surface area contributed by atoms with E-state index in [1.165, 1.54) is 0 Å². The second-order valence-corrected chi connectivity index (χ2v) is 7.20. The van der Waals surface area contributed by atoms with Crippen molar-refractivity contribution in [2.24, 2.45) is 0 Å². The minimum absolute atomic E-state index is 0.0894. The number of hydrogen-bond donors (Lipinski definition) is 0. The van der Waals surface area contributed by atoms with Crippen LogP contribution in [-0.4, -0.2) is 49.4 Å². The first-order chi connectivity index (χ1) is 13.3. The van der Waals surface area contributed by atoms with Crippen molar-refractivity contribution in [3.05, 3.63) is 84.2 Å². The lowest BCUT2D eigenvalue weighted by molar-refractivity contribution is 0.0553. The maximum absolute atomic E-state index is 13.1. The molecule has 0 radical (unpaired) electrons. The first-order valence-corrected chi connectivity index (χ1v) is 9.29. The molecule has 1 saturated heterocycles. The van der Waals surface area contributed by atoms with Crippen LogP contribution in [0.25, 0.3) is 0 Å². The van der Waals surface area contributed by atoms with E-state index < -0.39 is 0 Å². The molecule has 5 heterocycles. The molecule has 0 aromatic carbocycles. The molecule has 27 heavy (non-hydrogen) atoms. The Morgan fingerprint density at radius 3 is 2.26 bits per heavy atom. The van der Waals surface area contributed by atoms with Gasteiger partial charge in [-0.05, 0) is 36.4 Å². The summed E-state index contributed by atoms with van der Waals surface area (Å²) in [5.41, 5.74) is 2.76. The molecular formula is C21H21N5O. The standard InChI is InChI=1S/C21H21N5O/c27-21-18-8-5-11-25(18)19-14-24(12-16-6-1-3-9-22-16)15-20(19)26(21)13-17-7-2-4-10-23-17/h1-11,19-20H,12-15H2. The highest BCUT2D eigenvalue weighted by atomic mass is 16.2. The Kier molecular flexibility index (Phi) is 3.98. The summed E-state index contributed by atoms with van der Waals surface area (Å²) >= 11 is 0. The fraction of sp³-hybridized carbons (Fsp3) is 0.286. The summed E-state index contributed by atoms with van der Waals surface area (Å²) in [7, 11) is 0. The smallest absolute Gasteiger partial charge is 0.271 e. The quantitative estimate of drug-likeness (QED) is 0.718. The van der Waals surface area contributed by atoms with E-state index in [-0.39, 0.29) is 18.0 Å². The lowest BCUT2D eigenvalue weighted by Gasteiger charge is -2.38. The van der Waals surface area contributed by atoms with E-state index in [9.17, 15) is 4.79 Å². The molecule has 0 saturated carbocycles. The summed E-state index contributed by atoms with van der Waals surface area (Å²) in [4.78, 5) is 26.4. The highest BCUT2D eigenvalue weighted by molar-refractivity contribution is 5.94. The summed E-state index contributed by atoms with van der Waals surface area (Å²) in [6, 6.07) is 16.2. The molecule has 2 aliphatic heterocycles. The molecule has 1 fully saturated rings. The Hall–Kier alpha value is -2.99. The van der Waals surface area contributed by atoms with Crippen LogP contribution >= 0.6 is 0 Å². The molecule has 5 rings (SSSR count). The van der Waals surface area contributed by atoms with E-state index in [0.29, 0.717) is 6.54 Å². The fourth-order valence-electron chi connectivity index (χ4n) is 4.29. The number of nitrogens with zero attached hydrogens (tertiary/aromatic N) is 5. The van der Waals surface area contributed by atoms with Gasteiger partial charge in [0.25, 0.3) is 5.91 Å². The van der Waals surface area contributed by atoms with Gasteiger partial charge in [-0.25, -0.2) is 0 Å². The monoisotopic (exact) mass is 359 g/mol. The Morgan fingerprint density at radius 1 is 0.852 bits per heavy atom. The largest absolute Gasteiger partial charge is 0.337 e. The second kappa shape index (κ2) is 6.63. The van der Waals surface area contributed by atoms with Gasteiger partial charge in [0.05, 0.1) is 30.0 Å². The number of carbonyl (C=O) groups excluding carboxylic acids is 1. The minimum atomic E-state index is 0.0894. The molecule has 1 amide bonds. The Balaban J connectivity index is 1.44. The molecule has 2 unspecified atom stereocenters. The number of pyridine rings is 2. The van der Waals surface area contributed by atoms with Crippen LogP contribution in [0.2, 0.25) is 0 Å². The molecule has 0 N–H and O–H groups in total. The summed E-state index contributed by atoms with van der Waals surface area (Å²) < 4.78 is 2.15. The van der Waals surface area contributed by atoms with E-state index in [0.717, 1.165) is 36.7 Å². The summed E-state index contributed by atoms with van der Waals surface area (Å²) in [6.07, 6.45) is 5.65. The average Bonchev–Trinajstić information content (AvgIpc) is 3.34. The summed E-state index contributed by atoms with van der Waals surface area (Å²) in [5.74, 6) is 0.0894. The summed E-state index contributed by atoms with van der Waals surface area (Å²) in [5, 5.41) is 0. The molecule has 3 aromatic heterocycles. The first-order valence-electron chi connectivity index (χ1n) is 9.29. The van der Waals surface area contributed by atoms with Crippen molar-refractivity contribution in [2.75, 3.05) is 13.1 Å². The molecule has 136 valence electrons. The number of fused-ring (bicyclic) bond motifs is 3. The van der Waals surface area contributed by atoms with Crippen LogP contribution in [0.4, 0.5) is 0 Å². The van der Waals surface area contributed by atoms with Gasteiger partial charge in [0.2, 0.25) is 0 Å². The Bertz CT molecular complexity index is 939. The van der Waals surface area contributed by atoms with Gasteiger partial charge in [0.1, 0.15) is 5.69 Å². The third-order valence-corrected chi connectivity index (χ3v) is 5.52. The number of hydrogen-bond acceptors (Lipinski definition) is 4. The molecule has 0 spiro atoms. The normalized spacial score (nSPS) is 21.9. The molecule has 2 atom stereocenters. The van der Waals surface area contributed by atoms with Gasteiger partial charge in [-0.15, -0.1) is 0 Å². The predicted octanol–water partition coefficient (Wildman–Crippen LogP) is 2.36. The van der Waals surface area contributed by atoms with E-state index in [1.54, 1.807) is 6.20 Å². The highest BCUT2D eigenvalue weighted by Crippen LogP contribution is 2.34. The van der Waals surface area contributed by atoms with Crippen molar-refractivity contribution in [3.63, 3.8) is 0 Å². The molecule has 0 bridgehead atoms. The van der Waals surface area contributed by atoms with E-state index in [4.69, 9.17) is 0 Å². The van der Waals surface area contributed by atoms with Crippen LogP contribution < -0.4 is 0 Å². The SMILES string of the molecule is O=C1c2cccn2C2CN(Cc3ccccn3)CC2N1Cc1ccccn1. The molecule has 0 aliphatic carbocycles. The lowest BCUT2D eigenvalue weighted by atomic mass is 10.1. The maximum Gasteiger partial charge on any atom is 0.271 e. The zero-order valence-electron chi connectivity index (χ0n) is 15.0.